The molecule has 0 bridgehead atoms. The zero-order valence-electron chi connectivity index (χ0n) is 47.4. The summed E-state index contributed by atoms with van der Waals surface area (Å²) in [6, 6.07) is 14.8. The minimum Gasteiger partial charge on any atom is -0.493 e. The first kappa shape index (κ1) is 63.4. The molecule has 0 unspecified atom stereocenters. The van der Waals surface area contributed by atoms with Gasteiger partial charge in [0.2, 0.25) is 29.4 Å². The molecule has 6 rings (SSSR count). The molecule has 23 heteroatoms. The highest BCUT2D eigenvalue weighted by Crippen LogP contribution is 2.35. The van der Waals surface area contributed by atoms with Crippen LogP contribution in [0.2, 0.25) is 0 Å². The molecular weight excluding hydrogens is 1060 g/mol. The van der Waals surface area contributed by atoms with Crippen molar-refractivity contribution in [2.24, 2.45) is 5.41 Å². The number of ketones is 1. The first-order valence-corrected chi connectivity index (χ1v) is 27.9. The van der Waals surface area contributed by atoms with E-state index in [2.05, 4.69) is 21.3 Å². The Balaban J connectivity index is 0.824. The smallest absolute Gasteiger partial charge is 0.329 e. The highest BCUT2D eigenvalue weighted by atomic mass is 16.6. The largest absolute Gasteiger partial charge is 0.493 e. The summed E-state index contributed by atoms with van der Waals surface area (Å²) in [6.45, 7) is 7.81. The number of esters is 1. The van der Waals surface area contributed by atoms with Gasteiger partial charge in [-0.05, 0) is 105 Å². The minimum absolute atomic E-state index is 0.00750. The number of hydrogen-bond acceptors (Lipinski definition) is 17. The van der Waals surface area contributed by atoms with Crippen LogP contribution in [0.4, 0.5) is 5.69 Å². The zero-order chi connectivity index (χ0) is 59.2. The van der Waals surface area contributed by atoms with Crippen LogP contribution in [0.25, 0.3) is 0 Å². The van der Waals surface area contributed by atoms with E-state index in [0.29, 0.717) is 127 Å². The van der Waals surface area contributed by atoms with Gasteiger partial charge < -0.3 is 54.0 Å². The van der Waals surface area contributed by atoms with Gasteiger partial charge in [0.15, 0.2) is 18.1 Å². The van der Waals surface area contributed by atoms with E-state index in [0.717, 1.165) is 10.5 Å². The lowest BCUT2D eigenvalue weighted by atomic mass is 9.84. The van der Waals surface area contributed by atoms with Gasteiger partial charge in [0, 0.05) is 63.2 Å². The van der Waals surface area contributed by atoms with Crippen LogP contribution >= 0.6 is 0 Å². The lowest BCUT2D eigenvalue weighted by molar-refractivity contribution is -0.164. The Kier molecular flexibility index (Phi) is 24.3. The van der Waals surface area contributed by atoms with E-state index in [-0.39, 0.29) is 60.9 Å². The number of amides is 8. The van der Waals surface area contributed by atoms with Crippen molar-refractivity contribution in [1.29, 1.82) is 0 Å². The second-order valence-corrected chi connectivity index (χ2v) is 20.6. The Morgan fingerprint density at radius 3 is 2.09 bits per heavy atom. The molecule has 3 aliphatic rings. The molecule has 4 N–H and O–H groups in total. The van der Waals surface area contributed by atoms with Crippen LogP contribution < -0.4 is 35.5 Å². The maximum Gasteiger partial charge on any atom is 0.329 e. The van der Waals surface area contributed by atoms with Crippen LogP contribution in [0.5, 0.6) is 17.2 Å². The molecule has 3 aliphatic heterocycles. The summed E-state index contributed by atoms with van der Waals surface area (Å²) in [5.74, 6) is -4.45. The Morgan fingerprint density at radius 1 is 0.732 bits per heavy atom. The number of anilines is 1. The molecule has 2 saturated heterocycles. The van der Waals surface area contributed by atoms with Gasteiger partial charge in [-0.25, -0.2) is 4.79 Å². The summed E-state index contributed by atoms with van der Waals surface area (Å²) in [5, 5.41) is 10.5. The van der Waals surface area contributed by atoms with Crippen molar-refractivity contribution >= 4 is 64.7 Å². The van der Waals surface area contributed by atoms with Crippen molar-refractivity contribution in [3.63, 3.8) is 0 Å². The normalized spacial score (nSPS) is 16.4. The van der Waals surface area contributed by atoms with Gasteiger partial charge in [-0.1, -0.05) is 45.0 Å². The molecule has 0 aliphatic carbocycles. The second-order valence-electron chi connectivity index (χ2n) is 20.6. The molecular formula is C59H76N6O17. The number of hydrogen-bond donors (Lipinski definition) is 4. The molecule has 2 fully saturated rings. The van der Waals surface area contributed by atoms with Crippen LogP contribution in [0.3, 0.4) is 0 Å². The predicted octanol–water partition coefficient (Wildman–Crippen LogP) is 4.57. The number of imide groups is 2. The molecule has 3 atom stereocenters. The molecule has 8 amide bonds. The third-order valence-electron chi connectivity index (χ3n) is 14.4. The van der Waals surface area contributed by atoms with Gasteiger partial charge in [0.25, 0.3) is 23.6 Å². The number of ether oxygens (including phenoxy) is 7. The number of carbonyl (C=O) groups excluding carboxylic acids is 10. The molecule has 3 aromatic carbocycles. The fourth-order valence-electron chi connectivity index (χ4n) is 9.35. The van der Waals surface area contributed by atoms with E-state index in [1.807, 2.05) is 19.1 Å². The minimum atomic E-state index is -1.12. The summed E-state index contributed by atoms with van der Waals surface area (Å²) in [5.41, 5.74) is 1.06. The third kappa shape index (κ3) is 17.9. The van der Waals surface area contributed by atoms with Crippen molar-refractivity contribution < 1.29 is 81.1 Å². The summed E-state index contributed by atoms with van der Waals surface area (Å²) in [4.78, 5) is 131. The highest BCUT2D eigenvalue weighted by Gasteiger charge is 2.46. The van der Waals surface area contributed by atoms with Crippen LogP contribution in [0, 0.1) is 5.41 Å². The third-order valence-corrected chi connectivity index (χ3v) is 14.4. The van der Waals surface area contributed by atoms with Gasteiger partial charge in [-0.2, -0.15) is 0 Å². The lowest BCUT2D eigenvalue weighted by Gasteiger charge is -2.36. The Hall–Kier alpha value is -7.76. The number of piperidine rings is 2. The van der Waals surface area contributed by atoms with E-state index < -0.39 is 77.4 Å². The van der Waals surface area contributed by atoms with Gasteiger partial charge in [0.05, 0.1) is 51.8 Å². The average Bonchev–Trinajstić information content (AvgIpc) is 3.97. The van der Waals surface area contributed by atoms with Crippen LogP contribution in [-0.2, 0) is 63.7 Å². The van der Waals surface area contributed by atoms with E-state index in [4.69, 9.17) is 33.2 Å². The molecule has 23 nitrogen and oxygen atoms in total. The first-order chi connectivity index (χ1) is 39.5. The van der Waals surface area contributed by atoms with Crippen molar-refractivity contribution in [3.8, 4) is 17.2 Å². The van der Waals surface area contributed by atoms with Crippen LogP contribution in [0.15, 0.2) is 60.7 Å². The van der Waals surface area contributed by atoms with Crippen LogP contribution in [-0.4, -0.2) is 161 Å². The monoisotopic (exact) mass is 1140 g/mol. The maximum atomic E-state index is 14.1. The number of benzene rings is 3. The van der Waals surface area contributed by atoms with Crippen molar-refractivity contribution in [2.45, 2.75) is 116 Å². The van der Waals surface area contributed by atoms with Crippen LogP contribution in [0.1, 0.15) is 129 Å². The number of nitrogens with one attached hydrogen (secondary N) is 4. The quantitative estimate of drug-likeness (QED) is 0.0281. The summed E-state index contributed by atoms with van der Waals surface area (Å²) in [7, 11) is 3.09. The van der Waals surface area contributed by atoms with Gasteiger partial charge in [-0.3, -0.25) is 53.4 Å². The fourth-order valence-corrected chi connectivity index (χ4v) is 9.35. The van der Waals surface area contributed by atoms with E-state index >= 15 is 0 Å². The molecule has 0 aromatic heterocycles. The maximum absolute atomic E-state index is 14.1. The SMILES string of the molecule is CCC(C)(C)C(=O)C(=O)N1CCCC[C@H]1C(=O)O[C@H](CCc1ccc(OC)c(OC)c1)c1cccc(NC(=O)CCC(=O)NCCCOCCOCCOCCCNC(=O)COc2cccc3c2C(=O)N([C@@H]2CCC(=O)NC2=O)C3=O)c1. The van der Waals surface area contributed by atoms with E-state index in [9.17, 15) is 47.9 Å². The topological polar surface area (TPSA) is 290 Å². The standard InChI is InChI=1S/C59H76N6O17/c1-6-59(2,3)53(70)57(74)64-28-8-7-16-43(64)58(75)82-44(21-18-38-19-22-45(76-4)47(35-38)77-5)39-13-9-14-40(36-39)62-49(67)25-24-48(66)60-26-11-29-78-31-33-80-34-32-79-30-12-27-61-51(69)37-81-46-17-10-15-41-52(46)56(73)65(55(41)72)42-20-23-50(68)63-54(42)71/h9-10,13-15,17,19,22,35-36,42-44H,6-8,11-12,16,18,20-21,23-34,37H2,1-5H3,(H,60,66)(H,61,69)(H,62,67)(H,63,68,71)/t42-,43+,44-/m1/s1. The number of fused-ring (bicyclic) bond motifs is 1. The Bertz CT molecular complexity index is 2780. The summed E-state index contributed by atoms with van der Waals surface area (Å²) < 4.78 is 39.4. The molecule has 3 aromatic rings. The predicted molar refractivity (Wildman–Crippen MR) is 296 cm³/mol. The number of carbonyl (C=O) groups is 10. The molecule has 82 heavy (non-hydrogen) atoms. The lowest BCUT2D eigenvalue weighted by Crippen LogP contribution is -2.54. The van der Waals surface area contributed by atoms with E-state index in [1.165, 1.54) is 23.1 Å². The molecule has 0 spiro atoms. The number of likely N-dealkylation sites (tertiary alicyclic amines) is 1. The fraction of sp³-hybridized carbons (Fsp3) is 0.525. The van der Waals surface area contributed by atoms with Crippen molar-refractivity contribution in [3.05, 3.63) is 82.9 Å². The molecule has 3 heterocycles. The second kappa shape index (κ2) is 31.5. The highest BCUT2D eigenvalue weighted by molar-refractivity contribution is 6.38. The average molecular weight is 1140 g/mol. The zero-order valence-corrected chi connectivity index (χ0v) is 47.4. The van der Waals surface area contributed by atoms with Gasteiger partial charge in [0.1, 0.15) is 23.9 Å². The van der Waals surface area contributed by atoms with Gasteiger partial charge >= 0.3 is 5.97 Å². The van der Waals surface area contributed by atoms with Gasteiger partial charge in [-0.15, -0.1) is 0 Å². The number of Topliss-reactive ketones (excluding diaryl/α,β-unsaturated/α-hetero) is 1. The number of methoxy groups -OCH3 is 2. The molecule has 444 valence electrons. The summed E-state index contributed by atoms with van der Waals surface area (Å²) >= 11 is 0. The Morgan fingerprint density at radius 2 is 1.40 bits per heavy atom. The van der Waals surface area contributed by atoms with Crippen molar-refractivity contribution in [2.75, 3.05) is 85.4 Å². The number of nitrogens with zero attached hydrogens (tertiary/aromatic N) is 2. The molecule has 0 saturated carbocycles. The molecule has 0 radical (unpaired) electrons. The Labute approximate surface area is 477 Å². The van der Waals surface area contributed by atoms with Crippen molar-refractivity contribution in [1.82, 2.24) is 25.8 Å². The number of aryl methyl sites for hydroxylation is 1. The summed E-state index contributed by atoms with van der Waals surface area (Å²) in [6.07, 6.45) is 3.10. The first-order valence-electron chi connectivity index (χ1n) is 27.9. The number of rotatable bonds is 33. The van der Waals surface area contributed by atoms with E-state index in [1.54, 1.807) is 58.4 Å².